The first-order valence-corrected chi connectivity index (χ1v) is 14.0. The van der Waals surface area contributed by atoms with Crippen LogP contribution in [0.25, 0.3) is 0 Å². The fourth-order valence-electron chi connectivity index (χ4n) is 4.81. The van der Waals surface area contributed by atoms with Crippen LogP contribution in [0.1, 0.15) is 57.5 Å². The molecule has 3 heterocycles. The summed E-state index contributed by atoms with van der Waals surface area (Å²) in [5, 5.41) is 2.54. The van der Waals surface area contributed by atoms with Gasteiger partial charge in [0.15, 0.2) is 5.78 Å². The van der Waals surface area contributed by atoms with Gasteiger partial charge in [0.05, 0.1) is 12.1 Å². The molecule has 210 valence electrons. The molecule has 12 heteroatoms. The Labute approximate surface area is 232 Å². The second kappa shape index (κ2) is 13.1. The quantitative estimate of drug-likeness (QED) is 0.371. The Morgan fingerprint density at radius 2 is 1.72 bits per heavy atom. The molecule has 1 aromatic carbocycles. The number of rotatable bonds is 8. The Morgan fingerprint density at radius 3 is 2.41 bits per heavy atom. The second-order valence-electron chi connectivity index (χ2n) is 10.1. The monoisotopic (exact) mass is 556 g/mol. The number of hydrogen-bond donors (Lipinski definition) is 2. The number of piperazine rings is 1. The van der Waals surface area contributed by atoms with Crippen molar-refractivity contribution in [2.75, 3.05) is 53.9 Å². The number of nitrogens with one attached hydrogen (secondary N) is 2. The number of thiazole rings is 1. The fraction of sp³-hybridized carbons (Fsp3) is 0.519. The number of ether oxygens (including phenoxy) is 1. The van der Waals surface area contributed by atoms with Crippen molar-refractivity contribution in [1.29, 1.82) is 0 Å². The maximum Gasteiger partial charge on any atom is 0.289 e. The number of amides is 3. The first-order valence-electron chi connectivity index (χ1n) is 13.1. The van der Waals surface area contributed by atoms with E-state index in [0.29, 0.717) is 30.9 Å². The highest BCUT2D eigenvalue weighted by molar-refractivity contribution is 7.09. The minimum absolute atomic E-state index is 0.0277. The molecule has 1 atom stereocenters. The van der Waals surface area contributed by atoms with Gasteiger partial charge in [0.25, 0.3) is 11.8 Å². The molecule has 11 nitrogen and oxygen atoms in total. The van der Waals surface area contributed by atoms with Crippen LogP contribution >= 0.6 is 11.3 Å². The number of hydrogen-bond acceptors (Lipinski definition) is 9. The van der Waals surface area contributed by atoms with Crippen molar-refractivity contribution >= 4 is 34.8 Å². The molecular weight excluding hydrogens is 520 g/mol. The van der Waals surface area contributed by atoms with Crippen LogP contribution in [0.5, 0.6) is 5.75 Å². The van der Waals surface area contributed by atoms with E-state index in [1.807, 2.05) is 19.0 Å². The summed E-state index contributed by atoms with van der Waals surface area (Å²) < 4.78 is 5.11. The van der Waals surface area contributed by atoms with Gasteiger partial charge in [-0.15, -0.1) is 11.3 Å². The largest absolute Gasteiger partial charge is 0.497 e. The highest BCUT2D eigenvalue weighted by Crippen LogP contribution is 2.30. The molecule has 2 aliphatic rings. The van der Waals surface area contributed by atoms with Gasteiger partial charge in [-0.3, -0.25) is 34.9 Å². The Balaban J connectivity index is 1.20. The van der Waals surface area contributed by atoms with Gasteiger partial charge in [-0.1, -0.05) is 0 Å². The molecule has 1 aromatic heterocycles. The number of Topliss-reactive ketones (excluding diaryl/α,β-unsaturated/α-hetero) is 1. The van der Waals surface area contributed by atoms with Crippen LogP contribution in [0.4, 0.5) is 0 Å². The second-order valence-corrected chi connectivity index (χ2v) is 11.0. The molecule has 2 N–H and O–H groups in total. The standard InChI is InChI=1S/C27H36N6O5S/c1-31-14-15-32(2)22(16-31)26(37)30-29-25(36)21-17-39-27(28-21)19-10-12-33(13-11-19)24(35)9-8-23(34)18-4-6-20(38-3)7-5-18/h4-7,17,19,22H,8-16H2,1-3H3,(H,29,36)(H,30,37). The molecule has 0 saturated carbocycles. The number of piperidine rings is 1. The third kappa shape index (κ3) is 7.40. The van der Waals surface area contributed by atoms with Crippen LogP contribution in [0.2, 0.25) is 0 Å². The van der Waals surface area contributed by atoms with E-state index in [0.717, 1.165) is 30.9 Å². The smallest absolute Gasteiger partial charge is 0.289 e. The predicted octanol–water partition coefficient (Wildman–Crippen LogP) is 1.53. The number of likely N-dealkylation sites (N-methyl/N-ethyl adjacent to an activating group) is 2. The Kier molecular flexibility index (Phi) is 9.65. The maximum absolute atomic E-state index is 12.7. The van der Waals surface area contributed by atoms with Crippen molar-refractivity contribution in [1.82, 2.24) is 30.5 Å². The molecule has 1 unspecified atom stereocenters. The van der Waals surface area contributed by atoms with Crippen molar-refractivity contribution < 1.29 is 23.9 Å². The summed E-state index contributed by atoms with van der Waals surface area (Å²) in [5.41, 5.74) is 5.84. The average molecular weight is 557 g/mol. The number of carbonyl (C=O) groups is 4. The third-order valence-corrected chi connectivity index (χ3v) is 8.39. The molecular formula is C27H36N6O5S. The summed E-state index contributed by atoms with van der Waals surface area (Å²) in [7, 11) is 5.43. The van der Waals surface area contributed by atoms with Crippen LogP contribution in [0, 0.1) is 0 Å². The van der Waals surface area contributed by atoms with E-state index in [2.05, 4.69) is 20.7 Å². The molecule has 4 rings (SSSR count). The van der Waals surface area contributed by atoms with E-state index < -0.39 is 5.91 Å². The molecule has 2 fully saturated rings. The molecule has 0 aliphatic carbocycles. The number of nitrogens with zero attached hydrogens (tertiary/aromatic N) is 4. The maximum atomic E-state index is 12.7. The number of benzene rings is 1. The van der Waals surface area contributed by atoms with Gasteiger partial charge < -0.3 is 14.5 Å². The summed E-state index contributed by atoms with van der Waals surface area (Å²) in [6.45, 7) is 3.44. The van der Waals surface area contributed by atoms with E-state index in [4.69, 9.17) is 4.74 Å². The fourth-order valence-corrected chi connectivity index (χ4v) is 5.79. The van der Waals surface area contributed by atoms with Crippen LogP contribution in [-0.2, 0) is 9.59 Å². The summed E-state index contributed by atoms with van der Waals surface area (Å²) >= 11 is 1.41. The lowest BCUT2D eigenvalue weighted by Gasteiger charge is -2.36. The summed E-state index contributed by atoms with van der Waals surface area (Å²) in [5.74, 6) is 0.0370. The van der Waals surface area contributed by atoms with E-state index in [1.165, 1.54) is 11.3 Å². The van der Waals surface area contributed by atoms with Crippen LogP contribution in [0.3, 0.4) is 0 Å². The number of ketones is 1. The van der Waals surface area contributed by atoms with Crippen molar-refractivity contribution in [2.45, 2.75) is 37.6 Å². The van der Waals surface area contributed by atoms with Gasteiger partial charge in [-0.2, -0.15) is 0 Å². The molecule has 0 radical (unpaired) electrons. The minimum Gasteiger partial charge on any atom is -0.497 e. The zero-order valence-electron chi connectivity index (χ0n) is 22.6. The van der Waals surface area contributed by atoms with E-state index in [9.17, 15) is 19.2 Å². The lowest BCUT2D eigenvalue weighted by Crippen LogP contribution is -2.59. The van der Waals surface area contributed by atoms with Crippen molar-refractivity contribution in [2.24, 2.45) is 0 Å². The third-order valence-electron chi connectivity index (χ3n) is 7.38. The zero-order chi connectivity index (χ0) is 27.9. The summed E-state index contributed by atoms with van der Waals surface area (Å²) in [6, 6.07) is 6.56. The van der Waals surface area contributed by atoms with Gasteiger partial charge in [-0.25, -0.2) is 4.98 Å². The van der Waals surface area contributed by atoms with E-state index in [-0.39, 0.29) is 48.1 Å². The van der Waals surface area contributed by atoms with Gasteiger partial charge in [0.2, 0.25) is 5.91 Å². The number of carbonyl (C=O) groups excluding carboxylic acids is 4. The number of aromatic nitrogens is 1. The van der Waals surface area contributed by atoms with Gasteiger partial charge in [0.1, 0.15) is 17.5 Å². The lowest BCUT2D eigenvalue weighted by molar-refractivity contribution is -0.132. The van der Waals surface area contributed by atoms with Crippen molar-refractivity contribution in [3.05, 3.63) is 45.9 Å². The van der Waals surface area contributed by atoms with E-state index >= 15 is 0 Å². The highest BCUT2D eigenvalue weighted by atomic mass is 32.1. The normalized spacial score (nSPS) is 18.9. The topological polar surface area (TPSA) is 124 Å². The minimum atomic E-state index is -0.452. The first kappa shape index (κ1) is 28.7. The predicted molar refractivity (Wildman–Crippen MR) is 147 cm³/mol. The molecule has 2 aromatic rings. The van der Waals surface area contributed by atoms with Crippen LogP contribution in [-0.4, -0.2) is 103 Å². The van der Waals surface area contributed by atoms with E-state index in [1.54, 1.807) is 41.7 Å². The molecule has 2 aliphatic heterocycles. The van der Waals surface area contributed by atoms with Gasteiger partial charge in [-0.05, 0) is 51.2 Å². The molecule has 39 heavy (non-hydrogen) atoms. The van der Waals surface area contributed by atoms with Gasteiger partial charge >= 0.3 is 0 Å². The lowest BCUT2D eigenvalue weighted by atomic mass is 9.97. The highest BCUT2D eigenvalue weighted by Gasteiger charge is 2.30. The molecule has 2 saturated heterocycles. The van der Waals surface area contributed by atoms with Gasteiger partial charge in [0, 0.05) is 62.4 Å². The Bertz CT molecular complexity index is 1180. The number of methoxy groups -OCH3 is 1. The zero-order valence-corrected chi connectivity index (χ0v) is 23.5. The number of hydrazine groups is 1. The van der Waals surface area contributed by atoms with Crippen LogP contribution < -0.4 is 15.6 Å². The average Bonchev–Trinajstić information content (AvgIpc) is 3.46. The summed E-state index contributed by atoms with van der Waals surface area (Å²) in [6.07, 6.45) is 1.83. The van der Waals surface area contributed by atoms with Crippen LogP contribution in [0.15, 0.2) is 29.6 Å². The first-order chi connectivity index (χ1) is 18.7. The molecule has 0 bridgehead atoms. The SMILES string of the molecule is COc1ccc(C(=O)CCC(=O)N2CCC(c3nc(C(=O)NNC(=O)C4CN(C)CCN4C)cs3)CC2)cc1. The Hall–Kier alpha value is -3.35. The molecule has 3 amide bonds. The van der Waals surface area contributed by atoms with Crippen molar-refractivity contribution in [3.8, 4) is 5.75 Å². The number of likely N-dealkylation sites (tertiary alicyclic amines) is 1. The summed E-state index contributed by atoms with van der Waals surface area (Å²) in [4.78, 5) is 60.6. The Morgan fingerprint density at radius 1 is 1.00 bits per heavy atom. The van der Waals surface area contributed by atoms with Crippen molar-refractivity contribution in [3.63, 3.8) is 0 Å². The molecule has 0 spiro atoms.